The Morgan fingerprint density at radius 3 is 2.65 bits per heavy atom. The lowest BCUT2D eigenvalue weighted by atomic mass is 10.2. The van der Waals surface area contributed by atoms with E-state index >= 15 is 0 Å². The minimum Gasteiger partial charge on any atom is -0.483 e. The van der Waals surface area contributed by atoms with Crippen LogP contribution in [-0.4, -0.2) is 9.97 Å². The van der Waals surface area contributed by atoms with Gasteiger partial charge in [0.05, 0.1) is 11.0 Å². The fourth-order valence-corrected chi connectivity index (χ4v) is 2.34. The summed E-state index contributed by atoms with van der Waals surface area (Å²) in [7, 11) is 0. The molecule has 3 nitrogen and oxygen atoms in total. The van der Waals surface area contributed by atoms with E-state index in [2.05, 4.69) is 35.9 Å². The molecule has 0 aliphatic carbocycles. The Balaban J connectivity index is 1.89. The first-order valence-corrected chi connectivity index (χ1v) is 6.82. The van der Waals surface area contributed by atoms with E-state index < -0.39 is 0 Å². The number of para-hydroxylation sites is 1. The highest BCUT2D eigenvalue weighted by Crippen LogP contribution is 2.23. The van der Waals surface area contributed by atoms with Crippen molar-refractivity contribution in [3.8, 4) is 5.75 Å². The summed E-state index contributed by atoms with van der Waals surface area (Å²) < 4.78 is 5.96. The van der Waals surface area contributed by atoms with Crippen molar-refractivity contribution in [2.45, 2.75) is 26.9 Å². The fourth-order valence-electron chi connectivity index (χ4n) is 2.34. The largest absolute Gasteiger partial charge is 0.483 e. The van der Waals surface area contributed by atoms with Gasteiger partial charge in [0.25, 0.3) is 0 Å². The van der Waals surface area contributed by atoms with Crippen molar-refractivity contribution in [3.63, 3.8) is 0 Å². The zero-order valence-electron chi connectivity index (χ0n) is 12.0. The lowest BCUT2D eigenvalue weighted by Crippen LogP contribution is -2.05. The molecule has 0 bridgehead atoms. The van der Waals surface area contributed by atoms with Crippen LogP contribution in [0.1, 0.15) is 30.0 Å². The Bertz CT molecular complexity index is 746. The van der Waals surface area contributed by atoms with Crippen molar-refractivity contribution < 1.29 is 4.74 Å². The summed E-state index contributed by atoms with van der Waals surface area (Å²) in [6.45, 7) is 6.14. The molecule has 3 rings (SSSR count). The van der Waals surface area contributed by atoms with Gasteiger partial charge in [-0.05, 0) is 50.1 Å². The van der Waals surface area contributed by atoms with E-state index in [1.165, 1.54) is 11.1 Å². The van der Waals surface area contributed by atoms with E-state index in [1.54, 1.807) is 0 Å². The molecule has 102 valence electrons. The minimum atomic E-state index is -0.108. The molecular weight excluding hydrogens is 248 g/mol. The predicted octanol–water partition coefficient (Wildman–Crippen LogP) is 4.32. The number of fused-ring (bicyclic) bond motifs is 1. The van der Waals surface area contributed by atoms with Crippen molar-refractivity contribution in [2.75, 3.05) is 0 Å². The molecule has 2 aromatic carbocycles. The number of aromatic amines is 1. The molecule has 20 heavy (non-hydrogen) atoms. The van der Waals surface area contributed by atoms with E-state index in [1.807, 2.05) is 37.3 Å². The maximum atomic E-state index is 5.96. The first kappa shape index (κ1) is 12.7. The number of hydrogen-bond donors (Lipinski definition) is 1. The number of benzene rings is 2. The van der Waals surface area contributed by atoms with Gasteiger partial charge in [-0.25, -0.2) is 4.98 Å². The quantitative estimate of drug-likeness (QED) is 0.766. The predicted molar refractivity (Wildman–Crippen MR) is 81.1 cm³/mol. The molecule has 1 N–H and O–H groups in total. The minimum absolute atomic E-state index is 0.108. The lowest BCUT2D eigenvalue weighted by Gasteiger charge is -2.12. The molecule has 0 saturated carbocycles. The van der Waals surface area contributed by atoms with E-state index in [0.717, 1.165) is 22.6 Å². The monoisotopic (exact) mass is 266 g/mol. The molecule has 3 aromatic rings. The molecule has 0 unspecified atom stereocenters. The number of nitrogens with zero attached hydrogens (tertiary/aromatic N) is 1. The molecule has 1 heterocycles. The molecule has 0 aliphatic heterocycles. The first-order chi connectivity index (χ1) is 9.63. The Morgan fingerprint density at radius 1 is 1.10 bits per heavy atom. The average Bonchev–Trinajstić information content (AvgIpc) is 2.84. The summed E-state index contributed by atoms with van der Waals surface area (Å²) in [5.41, 5.74) is 4.43. The zero-order chi connectivity index (χ0) is 14.1. The van der Waals surface area contributed by atoms with Gasteiger partial charge < -0.3 is 9.72 Å². The summed E-state index contributed by atoms with van der Waals surface area (Å²) in [4.78, 5) is 7.99. The Kier molecular flexibility index (Phi) is 3.18. The maximum Gasteiger partial charge on any atom is 0.153 e. The molecule has 1 atom stereocenters. The Morgan fingerprint density at radius 2 is 1.90 bits per heavy atom. The van der Waals surface area contributed by atoms with Crippen LogP contribution in [0.5, 0.6) is 5.75 Å². The maximum absolute atomic E-state index is 5.96. The van der Waals surface area contributed by atoms with E-state index in [0.29, 0.717) is 0 Å². The van der Waals surface area contributed by atoms with Crippen molar-refractivity contribution in [1.29, 1.82) is 0 Å². The molecule has 0 spiro atoms. The van der Waals surface area contributed by atoms with Gasteiger partial charge in [-0.3, -0.25) is 0 Å². The highest BCUT2D eigenvalue weighted by molar-refractivity contribution is 5.78. The molecule has 0 fully saturated rings. The van der Waals surface area contributed by atoms with Crippen LogP contribution in [0.15, 0.2) is 42.5 Å². The summed E-state index contributed by atoms with van der Waals surface area (Å²) >= 11 is 0. The van der Waals surface area contributed by atoms with Crippen molar-refractivity contribution in [3.05, 3.63) is 59.4 Å². The van der Waals surface area contributed by atoms with Gasteiger partial charge in [0.2, 0.25) is 0 Å². The molecule has 0 saturated heterocycles. The van der Waals surface area contributed by atoms with Crippen LogP contribution in [0.3, 0.4) is 0 Å². The number of H-pyrrole nitrogens is 1. The third kappa shape index (κ3) is 2.39. The smallest absolute Gasteiger partial charge is 0.153 e. The SMILES string of the molecule is Cc1cccc(O[C@@H](C)c2nc3c(C)cccc3[nH]2)c1. The number of rotatable bonds is 3. The third-order valence-electron chi connectivity index (χ3n) is 3.42. The molecule has 0 aliphatic rings. The Labute approximate surface area is 118 Å². The molecule has 3 heteroatoms. The highest BCUT2D eigenvalue weighted by atomic mass is 16.5. The summed E-state index contributed by atoms with van der Waals surface area (Å²) in [6.07, 6.45) is -0.108. The molecule has 0 radical (unpaired) electrons. The van der Waals surface area contributed by atoms with Gasteiger partial charge in [-0.2, -0.15) is 0 Å². The Hall–Kier alpha value is -2.29. The van der Waals surface area contributed by atoms with Crippen LogP contribution in [0.25, 0.3) is 11.0 Å². The standard InChI is InChI=1S/C17H18N2O/c1-11-6-4-8-14(10-11)20-13(3)17-18-15-9-5-7-12(2)16(15)19-17/h4-10,13H,1-3H3,(H,18,19)/t13-/m0/s1. The van der Waals surface area contributed by atoms with Gasteiger partial charge >= 0.3 is 0 Å². The van der Waals surface area contributed by atoms with E-state index in [-0.39, 0.29) is 6.10 Å². The molecular formula is C17H18N2O. The van der Waals surface area contributed by atoms with Gasteiger partial charge in [-0.1, -0.05) is 24.3 Å². The second-order valence-corrected chi connectivity index (χ2v) is 5.17. The number of aromatic nitrogens is 2. The van der Waals surface area contributed by atoms with Gasteiger partial charge in [0.15, 0.2) is 6.10 Å². The van der Waals surface area contributed by atoms with Crippen molar-refractivity contribution in [1.82, 2.24) is 9.97 Å². The third-order valence-corrected chi connectivity index (χ3v) is 3.42. The lowest BCUT2D eigenvalue weighted by molar-refractivity contribution is 0.218. The number of aryl methyl sites for hydroxylation is 2. The number of ether oxygens (including phenoxy) is 1. The van der Waals surface area contributed by atoms with Crippen molar-refractivity contribution in [2.24, 2.45) is 0 Å². The first-order valence-electron chi connectivity index (χ1n) is 6.82. The highest BCUT2D eigenvalue weighted by Gasteiger charge is 2.13. The number of imidazole rings is 1. The van der Waals surface area contributed by atoms with E-state index in [9.17, 15) is 0 Å². The average molecular weight is 266 g/mol. The zero-order valence-corrected chi connectivity index (χ0v) is 12.0. The summed E-state index contributed by atoms with van der Waals surface area (Å²) in [5.74, 6) is 1.73. The molecule has 0 amide bonds. The second-order valence-electron chi connectivity index (χ2n) is 5.17. The van der Waals surface area contributed by atoms with Crippen LogP contribution < -0.4 is 4.74 Å². The van der Waals surface area contributed by atoms with Gasteiger partial charge in [-0.15, -0.1) is 0 Å². The van der Waals surface area contributed by atoms with Crippen LogP contribution in [0, 0.1) is 13.8 Å². The van der Waals surface area contributed by atoms with Gasteiger partial charge in [0, 0.05) is 0 Å². The molecule has 1 aromatic heterocycles. The van der Waals surface area contributed by atoms with Crippen LogP contribution in [0.2, 0.25) is 0 Å². The van der Waals surface area contributed by atoms with Crippen LogP contribution in [0.4, 0.5) is 0 Å². The number of hydrogen-bond acceptors (Lipinski definition) is 2. The summed E-state index contributed by atoms with van der Waals surface area (Å²) in [5, 5.41) is 0. The topological polar surface area (TPSA) is 37.9 Å². The van der Waals surface area contributed by atoms with Crippen LogP contribution in [-0.2, 0) is 0 Å². The summed E-state index contributed by atoms with van der Waals surface area (Å²) in [6, 6.07) is 14.2. The van der Waals surface area contributed by atoms with Gasteiger partial charge in [0.1, 0.15) is 11.6 Å². The second kappa shape index (κ2) is 5.00. The normalized spacial score (nSPS) is 12.6. The van der Waals surface area contributed by atoms with Crippen molar-refractivity contribution >= 4 is 11.0 Å². The fraction of sp³-hybridized carbons (Fsp3) is 0.235. The van der Waals surface area contributed by atoms with E-state index in [4.69, 9.17) is 4.74 Å². The van der Waals surface area contributed by atoms with Crippen LogP contribution >= 0.6 is 0 Å². The number of nitrogens with one attached hydrogen (secondary N) is 1.